The van der Waals surface area contributed by atoms with E-state index in [-0.39, 0.29) is 16.9 Å². The first-order valence-corrected chi connectivity index (χ1v) is 8.38. The van der Waals surface area contributed by atoms with E-state index in [2.05, 4.69) is 20.0 Å². The summed E-state index contributed by atoms with van der Waals surface area (Å²) in [5, 5.41) is 2.79. The van der Waals surface area contributed by atoms with Gasteiger partial charge in [-0.3, -0.25) is 14.6 Å². The molecule has 0 spiro atoms. The predicted molar refractivity (Wildman–Crippen MR) is 98.3 cm³/mol. The highest BCUT2D eigenvalue weighted by molar-refractivity contribution is 5.94. The molecule has 0 radical (unpaired) electrons. The van der Waals surface area contributed by atoms with E-state index < -0.39 is 24.6 Å². The van der Waals surface area contributed by atoms with Crippen LogP contribution in [-0.2, 0) is 0 Å². The molecule has 1 atom stereocenters. The van der Waals surface area contributed by atoms with Gasteiger partial charge in [-0.05, 0) is 48.4 Å². The number of benzene rings is 1. The number of hydrogen-bond donors (Lipinski definition) is 2. The Balaban J connectivity index is 1.98. The molecule has 0 aliphatic heterocycles. The van der Waals surface area contributed by atoms with Crippen molar-refractivity contribution in [1.82, 2.24) is 15.3 Å². The number of ether oxygens (including phenoxy) is 1. The zero-order valence-electron chi connectivity index (χ0n) is 14.9. The molecule has 0 fully saturated rings. The fourth-order valence-corrected chi connectivity index (χ4v) is 2.68. The number of carbonyl (C=O) groups is 1. The minimum Gasteiger partial charge on any atom is -0.460 e. The minimum absolute atomic E-state index is 0.228. The number of carbonyl (C=O) groups excluding carboxylic acids is 1. The number of aromatic nitrogens is 2. The molecule has 2 aromatic heterocycles. The zero-order chi connectivity index (χ0) is 20.1. The molecule has 0 aliphatic rings. The van der Waals surface area contributed by atoms with Crippen LogP contribution in [0.4, 0.5) is 8.78 Å². The first-order valence-electron chi connectivity index (χ1n) is 8.38. The SMILES string of the molecule is Cc1ccnc(C(NC(=O)c2ccc(=O)[nH]c2)c2ccc(OCF)c(F)c2)c1. The van der Waals surface area contributed by atoms with Gasteiger partial charge in [0.05, 0.1) is 17.3 Å². The number of nitrogens with zero attached hydrogens (tertiary/aromatic N) is 1. The van der Waals surface area contributed by atoms with Crippen LogP contribution in [-0.4, -0.2) is 22.7 Å². The Hall–Kier alpha value is -3.55. The van der Waals surface area contributed by atoms with E-state index in [1.807, 2.05) is 6.92 Å². The number of hydrogen-bond acceptors (Lipinski definition) is 4. The Morgan fingerprint density at radius 3 is 2.71 bits per heavy atom. The molecule has 2 N–H and O–H groups in total. The molecular formula is C20H17F2N3O3. The first kappa shape index (κ1) is 19.2. The number of amides is 1. The van der Waals surface area contributed by atoms with Crippen LogP contribution in [0, 0.1) is 12.7 Å². The van der Waals surface area contributed by atoms with Gasteiger partial charge in [0.1, 0.15) is 0 Å². The van der Waals surface area contributed by atoms with E-state index in [9.17, 15) is 18.4 Å². The number of nitrogens with one attached hydrogen (secondary N) is 2. The lowest BCUT2D eigenvalue weighted by Gasteiger charge is -2.20. The third-order valence-electron chi connectivity index (χ3n) is 4.05. The smallest absolute Gasteiger partial charge is 0.253 e. The average Bonchev–Trinajstić information content (AvgIpc) is 2.68. The lowest BCUT2D eigenvalue weighted by Crippen LogP contribution is -2.30. The molecule has 0 aliphatic carbocycles. The Bertz CT molecular complexity index is 1030. The van der Waals surface area contributed by atoms with Gasteiger partial charge in [-0.25, -0.2) is 8.78 Å². The third-order valence-corrected chi connectivity index (χ3v) is 4.05. The van der Waals surface area contributed by atoms with E-state index >= 15 is 0 Å². The molecule has 3 aromatic rings. The fraction of sp³-hybridized carbons (Fsp3) is 0.150. The summed E-state index contributed by atoms with van der Waals surface area (Å²) in [4.78, 5) is 30.5. The third kappa shape index (κ3) is 4.40. The van der Waals surface area contributed by atoms with Gasteiger partial charge >= 0.3 is 0 Å². The summed E-state index contributed by atoms with van der Waals surface area (Å²) in [6.45, 7) is 0.715. The van der Waals surface area contributed by atoms with Crippen molar-refractivity contribution in [3.8, 4) is 5.75 Å². The van der Waals surface area contributed by atoms with Crippen molar-refractivity contribution in [2.45, 2.75) is 13.0 Å². The highest BCUT2D eigenvalue weighted by Gasteiger charge is 2.21. The second-order valence-electron chi connectivity index (χ2n) is 6.05. The van der Waals surface area contributed by atoms with E-state index in [1.54, 1.807) is 18.3 Å². The van der Waals surface area contributed by atoms with Crippen molar-refractivity contribution in [3.63, 3.8) is 0 Å². The maximum Gasteiger partial charge on any atom is 0.253 e. The number of alkyl halides is 1. The normalized spacial score (nSPS) is 11.7. The number of pyridine rings is 2. The van der Waals surface area contributed by atoms with Crippen molar-refractivity contribution in [2.24, 2.45) is 0 Å². The van der Waals surface area contributed by atoms with Crippen LogP contribution in [0.25, 0.3) is 0 Å². The van der Waals surface area contributed by atoms with E-state index in [1.165, 1.54) is 30.5 Å². The van der Waals surface area contributed by atoms with Crippen LogP contribution in [0.2, 0.25) is 0 Å². The van der Waals surface area contributed by atoms with Crippen molar-refractivity contribution in [1.29, 1.82) is 0 Å². The minimum atomic E-state index is -1.15. The summed E-state index contributed by atoms with van der Waals surface area (Å²) < 4.78 is 31.1. The molecular weight excluding hydrogens is 368 g/mol. The van der Waals surface area contributed by atoms with Crippen LogP contribution >= 0.6 is 0 Å². The molecule has 0 bridgehead atoms. The van der Waals surface area contributed by atoms with Crippen LogP contribution in [0.15, 0.2) is 59.7 Å². The summed E-state index contributed by atoms with van der Waals surface area (Å²) >= 11 is 0. The standard InChI is InChI=1S/C20H17F2N3O3/c1-12-6-7-23-16(8-12)19(13-2-4-17(28-11-21)15(22)9-13)25-20(27)14-3-5-18(26)24-10-14/h2-10,19H,11H2,1H3,(H,24,26)(H,25,27). The maximum atomic E-state index is 14.2. The van der Waals surface area contributed by atoms with Gasteiger partial charge in [-0.2, -0.15) is 0 Å². The van der Waals surface area contributed by atoms with Gasteiger partial charge in [0.25, 0.3) is 5.91 Å². The maximum absolute atomic E-state index is 14.2. The van der Waals surface area contributed by atoms with Crippen molar-refractivity contribution in [2.75, 3.05) is 6.86 Å². The lowest BCUT2D eigenvalue weighted by molar-refractivity contribution is 0.0942. The molecule has 144 valence electrons. The molecule has 1 unspecified atom stereocenters. The quantitative estimate of drug-likeness (QED) is 0.683. The predicted octanol–water partition coefficient (Wildman–Crippen LogP) is 3.04. The molecule has 0 saturated carbocycles. The molecule has 6 nitrogen and oxygen atoms in total. The zero-order valence-corrected chi connectivity index (χ0v) is 14.9. The number of aryl methyl sites for hydroxylation is 1. The highest BCUT2D eigenvalue weighted by Crippen LogP contribution is 2.26. The topological polar surface area (TPSA) is 84.1 Å². The van der Waals surface area contributed by atoms with Gasteiger partial charge in [-0.1, -0.05) is 6.07 Å². The van der Waals surface area contributed by atoms with Crippen LogP contribution in [0.1, 0.15) is 33.2 Å². The molecule has 28 heavy (non-hydrogen) atoms. The molecule has 1 aromatic carbocycles. The monoisotopic (exact) mass is 385 g/mol. The van der Waals surface area contributed by atoms with Gasteiger partial charge in [0.15, 0.2) is 11.6 Å². The van der Waals surface area contributed by atoms with Crippen LogP contribution in [0.5, 0.6) is 5.75 Å². The molecule has 0 saturated heterocycles. The lowest BCUT2D eigenvalue weighted by atomic mass is 10.0. The molecule has 1 amide bonds. The first-order chi connectivity index (χ1) is 13.5. The Labute approximate surface area is 159 Å². The van der Waals surface area contributed by atoms with E-state index in [0.717, 1.165) is 11.6 Å². The Morgan fingerprint density at radius 1 is 1.25 bits per heavy atom. The molecule has 8 heteroatoms. The summed E-state index contributed by atoms with van der Waals surface area (Å²) in [6.07, 6.45) is 2.87. The number of H-pyrrole nitrogens is 1. The Morgan fingerprint density at radius 2 is 2.07 bits per heavy atom. The van der Waals surface area contributed by atoms with Crippen LogP contribution in [0.3, 0.4) is 0 Å². The van der Waals surface area contributed by atoms with Gasteiger partial charge < -0.3 is 15.0 Å². The van der Waals surface area contributed by atoms with Gasteiger partial charge in [0, 0.05) is 18.5 Å². The van der Waals surface area contributed by atoms with Crippen LogP contribution < -0.4 is 15.6 Å². The summed E-state index contributed by atoms with van der Waals surface area (Å²) in [6, 6.07) is 9.38. The Kier molecular flexibility index (Phi) is 5.78. The van der Waals surface area contributed by atoms with Gasteiger partial charge in [0.2, 0.25) is 12.4 Å². The number of rotatable bonds is 6. The second kappa shape index (κ2) is 8.43. The van der Waals surface area contributed by atoms with Gasteiger partial charge in [-0.15, -0.1) is 0 Å². The molecule has 3 rings (SSSR count). The summed E-state index contributed by atoms with van der Waals surface area (Å²) in [7, 11) is 0. The van der Waals surface area contributed by atoms with Crippen molar-refractivity contribution in [3.05, 3.63) is 93.4 Å². The van der Waals surface area contributed by atoms with Crippen molar-refractivity contribution >= 4 is 5.91 Å². The average molecular weight is 385 g/mol. The molecule has 2 heterocycles. The fourth-order valence-electron chi connectivity index (χ4n) is 2.68. The van der Waals surface area contributed by atoms with E-state index in [0.29, 0.717) is 11.3 Å². The number of aromatic amines is 1. The van der Waals surface area contributed by atoms with E-state index in [4.69, 9.17) is 0 Å². The second-order valence-corrected chi connectivity index (χ2v) is 6.05. The summed E-state index contributed by atoms with van der Waals surface area (Å²) in [5.41, 5.74) is 1.70. The summed E-state index contributed by atoms with van der Waals surface area (Å²) in [5.74, 6) is -1.46. The highest BCUT2D eigenvalue weighted by atomic mass is 19.1. The largest absolute Gasteiger partial charge is 0.460 e. The number of halogens is 2. The van der Waals surface area contributed by atoms with Crippen molar-refractivity contribution < 1.29 is 18.3 Å².